The van der Waals surface area contributed by atoms with E-state index in [-0.39, 0.29) is 41.7 Å². The Kier molecular flexibility index (Phi) is 12.3. The van der Waals surface area contributed by atoms with E-state index in [9.17, 15) is 24.3 Å². The Morgan fingerprint density at radius 1 is 0.725 bits per heavy atom. The van der Waals surface area contributed by atoms with Crippen molar-refractivity contribution in [3.8, 4) is 5.75 Å². The van der Waals surface area contributed by atoms with Crippen molar-refractivity contribution in [2.24, 2.45) is 11.8 Å². The molecule has 4 fully saturated rings. The van der Waals surface area contributed by atoms with E-state index >= 15 is 0 Å². The van der Waals surface area contributed by atoms with Crippen LogP contribution < -0.4 is 5.32 Å². The number of carbonyl (C=O) groups excluding carboxylic acids is 4. The molecule has 4 amide bonds. The lowest BCUT2D eigenvalue weighted by Crippen LogP contribution is -2.65. The van der Waals surface area contributed by atoms with Gasteiger partial charge in [0.05, 0.1) is 12.1 Å². The molecule has 2 aromatic carbocycles. The van der Waals surface area contributed by atoms with E-state index in [1.807, 2.05) is 40.1 Å². The molecular formula is C41H57N5O5. The van der Waals surface area contributed by atoms with Crippen molar-refractivity contribution in [3.63, 3.8) is 0 Å². The summed E-state index contributed by atoms with van der Waals surface area (Å²) >= 11 is 0. The Bertz CT molecular complexity index is 1490. The Morgan fingerprint density at radius 2 is 1.39 bits per heavy atom. The van der Waals surface area contributed by atoms with Gasteiger partial charge in [0.1, 0.15) is 5.75 Å². The summed E-state index contributed by atoms with van der Waals surface area (Å²) < 4.78 is 0. The number of phenolic OH excluding ortho intramolecular Hbond substituents is 1. The van der Waals surface area contributed by atoms with Crippen LogP contribution in [0.25, 0.3) is 0 Å². The first-order valence-electron chi connectivity index (χ1n) is 19.4. The molecule has 51 heavy (non-hydrogen) atoms. The molecule has 3 aliphatic heterocycles. The molecule has 1 saturated carbocycles. The highest BCUT2D eigenvalue weighted by molar-refractivity contribution is 6.36. The normalized spacial score (nSPS) is 24.7. The third-order valence-corrected chi connectivity index (χ3v) is 11.6. The van der Waals surface area contributed by atoms with Crippen molar-refractivity contribution < 1.29 is 24.3 Å². The van der Waals surface area contributed by atoms with Crippen molar-refractivity contribution in [2.45, 2.75) is 109 Å². The summed E-state index contributed by atoms with van der Waals surface area (Å²) in [4.78, 5) is 62.1. The largest absolute Gasteiger partial charge is 0.508 e. The summed E-state index contributed by atoms with van der Waals surface area (Å²) in [6, 6.07) is 16.9. The number of nitrogens with zero attached hydrogens (tertiary/aromatic N) is 4. The number of piperazine rings is 2. The van der Waals surface area contributed by atoms with Crippen molar-refractivity contribution in [2.75, 3.05) is 39.3 Å². The van der Waals surface area contributed by atoms with Crippen LogP contribution in [0, 0.1) is 11.8 Å². The molecule has 276 valence electrons. The maximum atomic E-state index is 14.2. The highest BCUT2D eigenvalue weighted by Gasteiger charge is 2.44. The molecule has 0 spiro atoms. The lowest BCUT2D eigenvalue weighted by Gasteiger charge is -2.46. The number of likely N-dealkylation sites (tertiary alicyclic amines) is 1. The molecule has 10 heteroatoms. The van der Waals surface area contributed by atoms with E-state index in [0.29, 0.717) is 57.4 Å². The number of phenols is 1. The molecule has 2 aromatic rings. The van der Waals surface area contributed by atoms with Gasteiger partial charge in [0.25, 0.3) is 0 Å². The van der Waals surface area contributed by atoms with Crippen LogP contribution >= 0.6 is 0 Å². The van der Waals surface area contributed by atoms with Crippen LogP contribution in [0.3, 0.4) is 0 Å². The van der Waals surface area contributed by atoms with E-state index in [1.54, 1.807) is 17.0 Å². The molecule has 6 rings (SSSR count). The molecule has 4 aliphatic rings. The number of rotatable bonds is 13. The van der Waals surface area contributed by atoms with Crippen LogP contribution in [-0.4, -0.2) is 112 Å². The monoisotopic (exact) mass is 699 g/mol. The Labute approximate surface area is 303 Å². The minimum atomic E-state index is -0.575. The number of hydrogen-bond donors (Lipinski definition) is 2. The van der Waals surface area contributed by atoms with Crippen LogP contribution in [0.15, 0.2) is 54.6 Å². The maximum absolute atomic E-state index is 14.2. The topological polar surface area (TPSA) is 114 Å². The van der Waals surface area contributed by atoms with Crippen molar-refractivity contribution in [3.05, 3.63) is 65.7 Å². The van der Waals surface area contributed by atoms with Gasteiger partial charge in [0.2, 0.25) is 0 Å². The van der Waals surface area contributed by atoms with Gasteiger partial charge in [-0.2, -0.15) is 0 Å². The fourth-order valence-corrected chi connectivity index (χ4v) is 8.95. The SMILES string of the molecule is CC(C)C[C@@H](CN1CCC[C@H]1CN1C(=O)C(=O)NC[C@@H]1Cc1ccc(O)cc1)N1C[C@H](Cc2ccccc2)N(CC2CCCCCC2)C(=O)C1=O. The average molecular weight is 700 g/mol. The van der Waals surface area contributed by atoms with Crippen LogP contribution in [0.2, 0.25) is 0 Å². The molecule has 1 aliphatic carbocycles. The smallest absolute Gasteiger partial charge is 0.312 e. The maximum Gasteiger partial charge on any atom is 0.312 e. The van der Waals surface area contributed by atoms with Gasteiger partial charge in [-0.3, -0.25) is 24.1 Å². The van der Waals surface area contributed by atoms with Crippen molar-refractivity contribution in [1.82, 2.24) is 24.9 Å². The Morgan fingerprint density at radius 3 is 2.10 bits per heavy atom. The van der Waals surface area contributed by atoms with Gasteiger partial charge < -0.3 is 25.1 Å². The van der Waals surface area contributed by atoms with Gasteiger partial charge >= 0.3 is 23.6 Å². The number of hydrogen-bond acceptors (Lipinski definition) is 6. The highest BCUT2D eigenvalue weighted by atomic mass is 16.3. The molecule has 3 heterocycles. The standard InChI is InChI=1S/C41H57N5O5/c1-29(2)21-35(26-43-20-10-15-33(43)27-45-34(24-42-38(48)39(45)49)22-31-16-18-37(47)19-17-31)46-28-36(23-30-11-8-5-9-12-30)44(40(50)41(46)51)25-32-13-6-3-4-7-14-32/h5,8-9,11-12,16-19,29,32-36,47H,3-4,6-7,10,13-15,20-28H2,1-2H3,(H,42,48)/t33-,34-,35-,36-/m0/s1. The lowest BCUT2D eigenvalue weighted by molar-refractivity contribution is -0.162. The van der Waals surface area contributed by atoms with Gasteiger partial charge in [-0.1, -0.05) is 82.0 Å². The third-order valence-electron chi connectivity index (χ3n) is 11.6. The second-order valence-corrected chi connectivity index (χ2v) is 15.9. The molecule has 0 unspecified atom stereocenters. The third kappa shape index (κ3) is 9.31. The van der Waals surface area contributed by atoms with E-state index < -0.39 is 11.8 Å². The zero-order valence-corrected chi connectivity index (χ0v) is 30.6. The minimum Gasteiger partial charge on any atom is -0.508 e. The van der Waals surface area contributed by atoms with Gasteiger partial charge in [-0.15, -0.1) is 0 Å². The summed E-state index contributed by atoms with van der Waals surface area (Å²) in [5.74, 6) is -0.888. The van der Waals surface area contributed by atoms with E-state index in [1.165, 1.54) is 31.2 Å². The second-order valence-electron chi connectivity index (χ2n) is 15.9. The average Bonchev–Trinajstić information content (AvgIpc) is 3.38. The first-order chi connectivity index (χ1) is 24.7. The summed E-state index contributed by atoms with van der Waals surface area (Å²) in [7, 11) is 0. The molecule has 0 bridgehead atoms. The summed E-state index contributed by atoms with van der Waals surface area (Å²) in [6.45, 7) is 7.78. The van der Waals surface area contributed by atoms with Crippen LogP contribution in [-0.2, 0) is 32.0 Å². The van der Waals surface area contributed by atoms with Crippen LogP contribution in [0.1, 0.15) is 82.8 Å². The van der Waals surface area contributed by atoms with Gasteiger partial charge in [-0.05, 0) is 86.6 Å². The quantitative estimate of drug-likeness (QED) is 0.237. The summed E-state index contributed by atoms with van der Waals surface area (Å²) in [6.07, 6.45) is 11.0. The molecule has 3 saturated heterocycles. The zero-order valence-electron chi connectivity index (χ0n) is 30.6. The highest BCUT2D eigenvalue weighted by Crippen LogP contribution is 2.30. The number of aromatic hydroxyl groups is 1. The number of nitrogens with one attached hydrogen (secondary N) is 1. The molecular weight excluding hydrogens is 642 g/mol. The fourth-order valence-electron chi connectivity index (χ4n) is 8.95. The lowest BCUT2D eigenvalue weighted by atomic mass is 9.94. The number of amides is 4. The minimum absolute atomic E-state index is 0.0410. The molecule has 2 N–H and O–H groups in total. The Balaban J connectivity index is 1.20. The molecule has 4 atom stereocenters. The van der Waals surface area contributed by atoms with Crippen molar-refractivity contribution >= 4 is 23.6 Å². The predicted octanol–water partition coefficient (Wildman–Crippen LogP) is 4.39. The van der Waals surface area contributed by atoms with E-state index in [2.05, 4.69) is 36.2 Å². The first kappa shape index (κ1) is 36.9. The second kappa shape index (κ2) is 17.1. The van der Waals surface area contributed by atoms with Gasteiger partial charge in [0, 0.05) is 44.8 Å². The predicted molar refractivity (Wildman–Crippen MR) is 197 cm³/mol. The van der Waals surface area contributed by atoms with Crippen LogP contribution in [0.4, 0.5) is 0 Å². The van der Waals surface area contributed by atoms with E-state index in [0.717, 1.165) is 44.2 Å². The van der Waals surface area contributed by atoms with Crippen LogP contribution in [0.5, 0.6) is 5.75 Å². The molecule has 10 nitrogen and oxygen atoms in total. The summed E-state index contributed by atoms with van der Waals surface area (Å²) in [5, 5.41) is 12.5. The van der Waals surface area contributed by atoms with Gasteiger partial charge in [0.15, 0.2) is 0 Å². The zero-order chi connectivity index (χ0) is 35.9. The number of benzene rings is 2. The fraction of sp³-hybridized carbons (Fsp3) is 0.610. The summed E-state index contributed by atoms with van der Waals surface area (Å²) in [5.41, 5.74) is 2.16. The van der Waals surface area contributed by atoms with Gasteiger partial charge in [-0.25, -0.2) is 0 Å². The molecule has 0 aromatic heterocycles. The number of carbonyl (C=O) groups is 4. The molecule has 0 radical (unpaired) electrons. The Hall–Kier alpha value is -3.92. The van der Waals surface area contributed by atoms with E-state index in [4.69, 9.17) is 0 Å². The van der Waals surface area contributed by atoms with Crippen molar-refractivity contribution in [1.29, 1.82) is 0 Å². The first-order valence-corrected chi connectivity index (χ1v) is 19.4.